The number of hydrogen-bond acceptors (Lipinski definition) is 4. The van der Waals surface area contributed by atoms with Gasteiger partial charge in [0, 0.05) is 11.6 Å². The molecule has 0 amide bonds. The number of rotatable bonds is 3. The minimum Gasteiger partial charge on any atom is -0.346 e. The van der Waals surface area contributed by atoms with E-state index in [1.807, 2.05) is 0 Å². The van der Waals surface area contributed by atoms with E-state index >= 15 is 0 Å². The van der Waals surface area contributed by atoms with Gasteiger partial charge in [-0.25, -0.2) is 13.4 Å². The van der Waals surface area contributed by atoms with E-state index in [1.165, 1.54) is 0 Å². The van der Waals surface area contributed by atoms with Gasteiger partial charge in [-0.2, -0.15) is 0 Å². The van der Waals surface area contributed by atoms with Crippen LogP contribution < -0.4 is 0 Å². The summed E-state index contributed by atoms with van der Waals surface area (Å²) >= 11 is 8.64. The number of H-pyrrole nitrogens is 1. The van der Waals surface area contributed by atoms with Crippen LogP contribution in [0, 0.1) is 4.64 Å². The van der Waals surface area contributed by atoms with Gasteiger partial charge in [0.15, 0.2) is 9.84 Å². The maximum absolute atomic E-state index is 11.5. The summed E-state index contributed by atoms with van der Waals surface area (Å²) in [5.74, 6) is 1.10. The minimum atomic E-state index is -2.90. The first kappa shape index (κ1) is 14.1. The Hall–Kier alpha value is -0.270. The SMILES string of the molecule is CCCc1[nH]c(C2CCS(=O)(=O)C2)nc(=S)c1Br. The van der Waals surface area contributed by atoms with Crippen molar-refractivity contribution in [2.24, 2.45) is 0 Å². The summed E-state index contributed by atoms with van der Waals surface area (Å²) in [4.78, 5) is 7.56. The fourth-order valence-corrected chi connectivity index (χ4v) is 4.51. The van der Waals surface area contributed by atoms with Crippen LogP contribution in [0.5, 0.6) is 0 Å². The van der Waals surface area contributed by atoms with Crippen molar-refractivity contribution in [1.82, 2.24) is 9.97 Å². The van der Waals surface area contributed by atoms with Crippen molar-refractivity contribution in [2.75, 3.05) is 11.5 Å². The molecular formula is C11H15BrN2O2S2. The lowest BCUT2D eigenvalue weighted by Crippen LogP contribution is -2.09. The molecule has 1 fully saturated rings. The van der Waals surface area contributed by atoms with Crippen LogP contribution in [0.25, 0.3) is 0 Å². The summed E-state index contributed by atoms with van der Waals surface area (Å²) in [7, 11) is -2.90. The summed E-state index contributed by atoms with van der Waals surface area (Å²) in [6.07, 6.45) is 2.50. The monoisotopic (exact) mass is 350 g/mol. The van der Waals surface area contributed by atoms with Gasteiger partial charge >= 0.3 is 0 Å². The second-order valence-corrected chi connectivity index (χ2v) is 7.98. The van der Waals surface area contributed by atoms with E-state index in [1.54, 1.807) is 0 Å². The summed E-state index contributed by atoms with van der Waals surface area (Å²) in [6.45, 7) is 2.09. The number of nitrogens with zero attached hydrogens (tertiary/aromatic N) is 1. The average molecular weight is 351 g/mol. The van der Waals surface area contributed by atoms with Crippen molar-refractivity contribution in [3.8, 4) is 0 Å². The number of nitrogens with one attached hydrogen (secondary N) is 1. The molecule has 2 rings (SSSR count). The molecule has 2 heterocycles. The topological polar surface area (TPSA) is 62.8 Å². The van der Waals surface area contributed by atoms with Gasteiger partial charge in [-0.15, -0.1) is 0 Å². The van der Waals surface area contributed by atoms with Crippen molar-refractivity contribution in [1.29, 1.82) is 0 Å². The number of aromatic nitrogens is 2. The lowest BCUT2D eigenvalue weighted by atomic mass is 10.1. The Morgan fingerprint density at radius 2 is 2.28 bits per heavy atom. The van der Waals surface area contributed by atoms with Crippen molar-refractivity contribution < 1.29 is 8.42 Å². The highest BCUT2D eigenvalue weighted by atomic mass is 79.9. The van der Waals surface area contributed by atoms with Crippen LogP contribution in [0.15, 0.2) is 4.47 Å². The van der Waals surface area contributed by atoms with Gasteiger partial charge in [-0.05, 0) is 28.8 Å². The molecule has 1 aliphatic rings. The first-order valence-corrected chi connectivity index (χ1v) is 8.94. The average Bonchev–Trinajstić information content (AvgIpc) is 2.65. The van der Waals surface area contributed by atoms with E-state index in [4.69, 9.17) is 12.2 Å². The Labute approximate surface area is 120 Å². The molecule has 1 aromatic heterocycles. The molecule has 0 aliphatic carbocycles. The van der Waals surface area contributed by atoms with Gasteiger partial charge in [-0.1, -0.05) is 25.6 Å². The summed E-state index contributed by atoms with van der Waals surface area (Å²) in [5.41, 5.74) is 1.01. The molecule has 1 N–H and O–H groups in total. The van der Waals surface area contributed by atoms with Crippen molar-refractivity contribution in [2.45, 2.75) is 32.1 Å². The molecule has 1 aliphatic heterocycles. The van der Waals surface area contributed by atoms with Crippen LogP contribution in [-0.4, -0.2) is 29.9 Å². The molecule has 1 atom stereocenters. The number of aryl methyl sites for hydroxylation is 1. The largest absolute Gasteiger partial charge is 0.346 e. The van der Waals surface area contributed by atoms with Crippen molar-refractivity contribution >= 4 is 38.0 Å². The van der Waals surface area contributed by atoms with E-state index < -0.39 is 9.84 Å². The molecule has 18 heavy (non-hydrogen) atoms. The van der Waals surface area contributed by atoms with Crippen LogP contribution in [0.1, 0.15) is 37.2 Å². The van der Waals surface area contributed by atoms with E-state index in [0.29, 0.717) is 16.9 Å². The molecular weight excluding hydrogens is 336 g/mol. The number of sulfone groups is 1. The first-order chi connectivity index (χ1) is 8.43. The molecule has 1 unspecified atom stereocenters. The van der Waals surface area contributed by atoms with Crippen LogP contribution in [0.2, 0.25) is 0 Å². The predicted octanol–water partition coefficient (Wildman–Crippen LogP) is 2.76. The summed E-state index contributed by atoms with van der Waals surface area (Å²) < 4.78 is 24.3. The van der Waals surface area contributed by atoms with Gasteiger partial charge in [0.05, 0.1) is 16.0 Å². The molecule has 0 saturated carbocycles. The molecule has 0 bridgehead atoms. The zero-order valence-corrected chi connectivity index (χ0v) is 13.3. The maximum atomic E-state index is 11.5. The lowest BCUT2D eigenvalue weighted by molar-refractivity contribution is 0.601. The fraction of sp³-hybridized carbons (Fsp3) is 0.636. The zero-order valence-electron chi connectivity index (χ0n) is 10.1. The smallest absolute Gasteiger partial charge is 0.151 e. The fourth-order valence-electron chi connectivity index (χ4n) is 2.15. The van der Waals surface area contributed by atoms with Crippen molar-refractivity contribution in [3.05, 3.63) is 20.6 Å². The Morgan fingerprint density at radius 3 is 2.83 bits per heavy atom. The maximum Gasteiger partial charge on any atom is 0.151 e. The first-order valence-electron chi connectivity index (χ1n) is 5.92. The van der Waals surface area contributed by atoms with E-state index in [9.17, 15) is 8.42 Å². The molecule has 4 nitrogen and oxygen atoms in total. The Morgan fingerprint density at radius 1 is 1.56 bits per heavy atom. The standard InChI is InChI=1S/C11H15BrN2O2S2/c1-2-3-8-9(12)11(17)14-10(13-8)7-4-5-18(15,16)6-7/h7H,2-6H2,1H3,(H,13,14,17). The zero-order chi connectivity index (χ0) is 13.3. The second kappa shape index (κ2) is 5.38. The third-order valence-corrected chi connectivity index (χ3v) is 6.25. The number of hydrogen-bond donors (Lipinski definition) is 1. The highest BCUT2D eigenvalue weighted by Gasteiger charge is 2.30. The van der Waals surface area contributed by atoms with Gasteiger partial charge in [0.25, 0.3) is 0 Å². The van der Waals surface area contributed by atoms with Crippen LogP contribution in [0.4, 0.5) is 0 Å². The summed E-state index contributed by atoms with van der Waals surface area (Å²) in [5, 5.41) is 0. The molecule has 0 radical (unpaired) electrons. The third-order valence-electron chi connectivity index (χ3n) is 3.07. The molecule has 1 aromatic rings. The van der Waals surface area contributed by atoms with Crippen LogP contribution >= 0.6 is 28.1 Å². The molecule has 100 valence electrons. The normalized spacial score (nSPS) is 22.2. The Balaban J connectivity index is 2.38. The van der Waals surface area contributed by atoms with E-state index in [-0.39, 0.29) is 17.4 Å². The van der Waals surface area contributed by atoms with E-state index in [0.717, 1.165) is 23.0 Å². The predicted molar refractivity (Wildman–Crippen MR) is 77.1 cm³/mol. The van der Waals surface area contributed by atoms with Gasteiger partial charge < -0.3 is 4.98 Å². The van der Waals surface area contributed by atoms with Gasteiger partial charge in [0.1, 0.15) is 10.5 Å². The second-order valence-electron chi connectivity index (χ2n) is 4.57. The molecule has 0 spiro atoms. The Bertz CT molecular complexity index is 610. The third kappa shape index (κ3) is 3.00. The van der Waals surface area contributed by atoms with Crippen LogP contribution in [0.3, 0.4) is 0 Å². The highest BCUT2D eigenvalue weighted by molar-refractivity contribution is 9.10. The Kier molecular flexibility index (Phi) is 4.23. The van der Waals surface area contributed by atoms with Gasteiger partial charge in [-0.3, -0.25) is 0 Å². The summed E-state index contributed by atoms with van der Waals surface area (Å²) in [6, 6.07) is 0. The molecule has 1 saturated heterocycles. The van der Waals surface area contributed by atoms with Crippen molar-refractivity contribution in [3.63, 3.8) is 0 Å². The molecule has 7 heteroatoms. The highest BCUT2D eigenvalue weighted by Crippen LogP contribution is 2.28. The molecule has 0 aromatic carbocycles. The van der Waals surface area contributed by atoms with Gasteiger partial charge in [0.2, 0.25) is 0 Å². The number of halogens is 1. The number of aromatic amines is 1. The van der Waals surface area contributed by atoms with Crippen LogP contribution in [-0.2, 0) is 16.3 Å². The lowest BCUT2D eigenvalue weighted by Gasteiger charge is -2.11. The minimum absolute atomic E-state index is 0.0413. The van der Waals surface area contributed by atoms with E-state index in [2.05, 4.69) is 32.8 Å². The quantitative estimate of drug-likeness (QED) is 0.851.